The molecule has 2 aromatic rings. The normalized spacial score (nSPS) is 10.4. The van der Waals surface area contributed by atoms with Crippen molar-refractivity contribution < 1.29 is 4.39 Å². The molecule has 0 bridgehead atoms. The summed E-state index contributed by atoms with van der Waals surface area (Å²) in [6, 6.07) is 6.19. The molecule has 0 amide bonds. The maximum absolute atomic E-state index is 12.9. The first-order chi connectivity index (χ1) is 8.61. The summed E-state index contributed by atoms with van der Waals surface area (Å²) in [6.07, 6.45) is 1.72. The molecule has 0 aliphatic rings. The van der Waals surface area contributed by atoms with Crippen LogP contribution in [0, 0.1) is 12.7 Å². The SMILES string of the molecule is Cc1nc(N(C)c2ccc(F)cc2)ncc1CN. The number of halogens is 1. The number of hydrogen-bond donors (Lipinski definition) is 1. The Hall–Kier alpha value is -2.01. The highest BCUT2D eigenvalue weighted by Crippen LogP contribution is 2.20. The van der Waals surface area contributed by atoms with Gasteiger partial charge in [0.2, 0.25) is 5.95 Å². The standard InChI is InChI=1S/C13H15FN4/c1-9-10(7-15)8-16-13(17-9)18(2)12-5-3-11(14)4-6-12/h3-6,8H,7,15H2,1-2H3. The molecule has 0 saturated heterocycles. The zero-order valence-electron chi connectivity index (χ0n) is 10.4. The molecule has 0 spiro atoms. The van der Waals surface area contributed by atoms with E-state index < -0.39 is 0 Å². The van der Waals surface area contributed by atoms with E-state index in [1.807, 2.05) is 14.0 Å². The molecule has 2 N–H and O–H groups in total. The molecule has 1 aromatic carbocycles. The van der Waals surface area contributed by atoms with Crippen LogP contribution in [0.5, 0.6) is 0 Å². The van der Waals surface area contributed by atoms with E-state index in [1.165, 1.54) is 12.1 Å². The van der Waals surface area contributed by atoms with Crippen molar-refractivity contribution in [2.75, 3.05) is 11.9 Å². The Bertz CT molecular complexity index is 539. The first-order valence-corrected chi connectivity index (χ1v) is 5.63. The van der Waals surface area contributed by atoms with Crippen LogP contribution in [-0.4, -0.2) is 17.0 Å². The highest BCUT2D eigenvalue weighted by molar-refractivity contribution is 5.56. The van der Waals surface area contributed by atoms with Crippen LogP contribution in [0.3, 0.4) is 0 Å². The smallest absolute Gasteiger partial charge is 0.229 e. The van der Waals surface area contributed by atoms with Crippen LogP contribution in [0.15, 0.2) is 30.5 Å². The van der Waals surface area contributed by atoms with E-state index in [0.29, 0.717) is 12.5 Å². The van der Waals surface area contributed by atoms with E-state index in [9.17, 15) is 4.39 Å². The number of nitrogens with two attached hydrogens (primary N) is 1. The molecule has 0 aliphatic heterocycles. The molecule has 1 aromatic heterocycles. The Morgan fingerprint density at radius 3 is 2.50 bits per heavy atom. The predicted octanol–water partition coefficient (Wildman–Crippen LogP) is 2.15. The molecule has 0 fully saturated rings. The van der Waals surface area contributed by atoms with Crippen molar-refractivity contribution in [3.05, 3.63) is 47.5 Å². The summed E-state index contributed by atoms with van der Waals surface area (Å²) in [6.45, 7) is 2.32. The Labute approximate surface area is 105 Å². The van der Waals surface area contributed by atoms with Crippen LogP contribution in [0.4, 0.5) is 16.0 Å². The van der Waals surface area contributed by atoms with Gasteiger partial charge >= 0.3 is 0 Å². The molecule has 0 radical (unpaired) electrons. The van der Waals surface area contributed by atoms with Crippen LogP contribution in [0.2, 0.25) is 0 Å². The van der Waals surface area contributed by atoms with Crippen molar-refractivity contribution in [1.29, 1.82) is 0 Å². The van der Waals surface area contributed by atoms with E-state index in [0.717, 1.165) is 16.9 Å². The Balaban J connectivity index is 2.31. The number of benzene rings is 1. The minimum Gasteiger partial charge on any atom is -0.326 e. The minimum absolute atomic E-state index is 0.261. The lowest BCUT2D eigenvalue weighted by Gasteiger charge is -2.18. The molecule has 18 heavy (non-hydrogen) atoms. The quantitative estimate of drug-likeness (QED) is 0.901. The minimum atomic E-state index is -0.261. The van der Waals surface area contributed by atoms with Gasteiger partial charge < -0.3 is 10.6 Å². The number of aryl methyl sites for hydroxylation is 1. The van der Waals surface area contributed by atoms with Gasteiger partial charge in [0, 0.05) is 36.7 Å². The van der Waals surface area contributed by atoms with Gasteiger partial charge in [-0.2, -0.15) is 0 Å². The monoisotopic (exact) mass is 246 g/mol. The number of aromatic nitrogens is 2. The summed E-state index contributed by atoms with van der Waals surface area (Å²) < 4.78 is 12.9. The zero-order chi connectivity index (χ0) is 13.1. The zero-order valence-corrected chi connectivity index (χ0v) is 10.4. The van der Waals surface area contributed by atoms with Crippen molar-refractivity contribution in [3.8, 4) is 0 Å². The van der Waals surface area contributed by atoms with Crippen molar-refractivity contribution in [3.63, 3.8) is 0 Å². The number of anilines is 2. The first kappa shape index (κ1) is 12.4. The fourth-order valence-electron chi connectivity index (χ4n) is 1.62. The topological polar surface area (TPSA) is 55.0 Å². The second-order valence-corrected chi connectivity index (χ2v) is 4.02. The predicted molar refractivity (Wildman–Crippen MR) is 69.1 cm³/mol. The lowest BCUT2D eigenvalue weighted by atomic mass is 10.2. The average Bonchev–Trinajstić information content (AvgIpc) is 2.38. The molecular weight excluding hydrogens is 231 g/mol. The molecule has 2 rings (SSSR count). The van der Waals surface area contributed by atoms with Gasteiger partial charge in [-0.25, -0.2) is 14.4 Å². The molecule has 0 atom stereocenters. The Kier molecular flexibility index (Phi) is 3.53. The van der Waals surface area contributed by atoms with Gasteiger partial charge in [-0.15, -0.1) is 0 Å². The summed E-state index contributed by atoms with van der Waals surface area (Å²) in [5.41, 5.74) is 8.18. The Morgan fingerprint density at radius 2 is 1.94 bits per heavy atom. The molecule has 1 heterocycles. The highest BCUT2D eigenvalue weighted by Gasteiger charge is 2.08. The maximum Gasteiger partial charge on any atom is 0.229 e. The van der Waals surface area contributed by atoms with Crippen LogP contribution in [-0.2, 0) is 6.54 Å². The van der Waals surface area contributed by atoms with E-state index >= 15 is 0 Å². The highest BCUT2D eigenvalue weighted by atomic mass is 19.1. The molecule has 0 aliphatic carbocycles. The summed E-state index contributed by atoms with van der Waals surface area (Å²) in [7, 11) is 1.84. The van der Waals surface area contributed by atoms with Gasteiger partial charge in [0.1, 0.15) is 5.82 Å². The molecule has 4 nitrogen and oxygen atoms in total. The van der Waals surface area contributed by atoms with E-state index in [4.69, 9.17) is 5.73 Å². The third-order valence-corrected chi connectivity index (χ3v) is 2.80. The van der Waals surface area contributed by atoms with Gasteiger partial charge in [-0.05, 0) is 31.2 Å². The van der Waals surface area contributed by atoms with Crippen LogP contribution >= 0.6 is 0 Å². The lowest BCUT2D eigenvalue weighted by molar-refractivity contribution is 0.628. The Morgan fingerprint density at radius 1 is 1.28 bits per heavy atom. The molecule has 5 heteroatoms. The van der Waals surface area contributed by atoms with Gasteiger partial charge in [0.05, 0.1) is 0 Å². The van der Waals surface area contributed by atoms with Crippen molar-refractivity contribution in [2.24, 2.45) is 5.73 Å². The average molecular weight is 246 g/mol. The third kappa shape index (κ3) is 2.46. The third-order valence-electron chi connectivity index (χ3n) is 2.80. The fraction of sp³-hybridized carbons (Fsp3) is 0.231. The number of hydrogen-bond acceptors (Lipinski definition) is 4. The summed E-state index contributed by atoms with van der Waals surface area (Å²) in [5.74, 6) is 0.305. The van der Waals surface area contributed by atoms with Crippen LogP contribution < -0.4 is 10.6 Å². The van der Waals surface area contributed by atoms with E-state index in [-0.39, 0.29) is 5.82 Å². The molecule has 0 saturated carbocycles. The lowest BCUT2D eigenvalue weighted by Crippen LogP contribution is -2.14. The van der Waals surface area contributed by atoms with E-state index in [1.54, 1.807) is 23.2 Å². The fourth-order valence-corrected chi connectivity index (χ4v) is 1.62. The van der Waals surface area contributed by atoms with Gasteiger partial charge in [-0.1, -0.05) is 0 Å². The number of nitrogens with zero attached hydrogens (tertiary/aromatic N) is 3. The molecule has 94 valence electrons. The summed E-state index contributed by atoms with van der Waals surface area (Å²) in [4.78, 5) is 10.4. The summed E-state index contributed by atoms with van der Waals surface area (Å²) in [5, 5.41) is 0. The van der Waals surface area contributed by atoms with Gasteiger partial charge in [0.15, 0.2) is 0 Å². The van der Waals surface area contributed by atoms with Crippen molar-refractivity contribution >= 4 is 11.6 Å². The number of rotatable bonds is 3. The maximum atomic E-state index is 12.9. The van der Waals surface area contributed by atoms with Gasteiger partial charge in [0.25, 0.3) is 0 Å². The first-order valence-electron chi connectivity index (χ1n) is 5.63. The second-order valence-electron chi connectivity index (χ2n) is 4.02. The molecular formula is C13H15FN4. The largest absolute Gasteiger partial charge is 0.326 e. The second kappa shape index (κ2) is 5.10. The molecule has 0 unspecified atom stereocenters. The van der Waals surface area contributed by atoms with E-state index in [2.05, 4.69) is 9.97 Å². The summed E-state index contributed by atoms with van der Waals surface area (Å²) >= 11 is 0. The van der Waals surface area contributed by atoms with Gasteiger partial charge in [-0.3, -0.25) is 0 Å². The van der Waals surface area contributed by atoms with Crippen LogP contribution in [0.25, 0.3) is 0 Å². The van der Waals surface area contributed by atoms with Crippen molar-refractivity contribution in [2.45, 2.75) is 13.5 Å². The van der Waals surface area contributed by atoms with Crippen molar-refractivity contribution in [1.82, 2.24) is 9.97 Å². The van der Waals surface area contributed by atoms with Crippen LogP contribution in [0.1, 0.15) is 11.3 Å².